The van der Waals surface area contributed by atoms with Crippen molar-refractivity contribution in [1.29, 1.82) is 0 Å². The maximum absolute atomic E-state index is 5.27. The fraction of sp³-hybridized carbons (Fsp3) is 0.688. The van der Waals surface area contributed by atoms with E-state index in [1.54, 1.807) is 7.11 Å². The molecule has 0 aromatic carbocycles. The first-order valence-corrected chi connectivity index (χ1v) is 7.68. The fourth-order valence-corrected chi connectivity index (χ4v) is 2.97. The van der Waals surface area contributed by atoms with Gasteiger partial charge in [0, 0.05) is 44.6 Å². The highest BCUT2D eigenvalue weighted by Crippen LogP contribution is 2.28. The summed E-state index contributed by atoms with van der Waals surface area (Å²) in [5.74, 6) is 1.85. The second-order valence-corrected chi connectivity index (χ2v) is 5.58. The third-order valence-electron chi connectivity index (χ3n) is 4.11. The molecule has 2 rings (SSSR count). The van der Waals surface area contributed by atoms with Gasteiger partial charge in [0.05, 0.1) is 0 Å². The number of methoxy groups -OCH3 is 1. The van der Waals surface area contributed by atoms with Crippen LogP contribution in [0.4, 0.5) is 5.82 Å². The SMILES string of the molecule is CCNC(C)c1cccnc1N1CCC(COC)CC1. The van der Waals surface area contributed by atoms with Crippen molar-refractivity contribution in [3.63, 3.8) is 0 Å². The molecule has 0 radical (unpaired) electrons. The van der Waals surface area contributed by atoms with Gasteiger partial charge in [-0.2, -0.15) is 0 Å². The zero-order chi connectivity index (χ0) is 14.4. The van der Waals surface area contributed by atoms with E-state index in [1.807, 2.05) is 12.3 Å². The maximum Gasteiger partial charge on any atom is 0.133 e. The minimum absolute atomic E-state index is 0.348. The molecule has 1 aliphatic rings. The minimum atomic E-state index is 0.348. The van der Waals surface area contributed by atoms with Crippen LogP contribution >= 0.6 is 0 Å². The molecule has 1 N–H and O–H groups in total. The fourth-order valence-electron chi connectivity index (χ4n) is 2.97. The number of aromatic nitrogens is 1. The van der Waals surface area contributed by atoms with Crippen LogP contribution in [0.3, 0.4) is 0 Å². The van der Waals surface area contributed by atoms with Crippen molar-refractivity contribution in [2.24, 2.45) is 5.92 Å². The second kappa shape index (κ2) is 7.60. The van der Waals surface area contributed by atoms with Crippen molar-refractivity contribution in [3.8, 4) is 0 Å². The first-order chi connectivity index (χ1) is 9.76. The lowest BCUT2D eigenvalue weighted by atomic mass is 9.97. The van der Waals surface area contributed by atoms with Crippen molar-refractivity contribution >= 4 is 5.82 Å². The monoisotopic (exact) mass is 277 g/mol. The topological polar surface area (TPSA) is 37.4 Å². The van der Waals surface area contributed by atoms with Crippen LogP contribution in [0.5, 0.6) is 0 Å². The summed E-state index contributed by atoms with van der Waals surface area (Å²) in [7, 11) is 1.79. The third kappa shape index (κ3) is 3.70. The Hall–Kier alpha value is -1.13. The molecule has 1 fully saturated rings. The van der Waals surface area contributed by atoms with Crippen molar-refractivity contribution in [1.82, 2.24) is 10.3 Å². The van der Waals surface area contributed by atoms with Gasteiger partial charge in [0.25, 0.3) is 0 Å². The molecule has 0 aliphatic carbocycles. The average Bonchev–Trinajstić information content (AvgIpc) is 2.49. The average molecular weight is 277 g/mol. The Bertz CT molecular complexity index is 402. The number of hydrogen-bond donors (Lipinski definition) is 1. The maximum atomic E-state index is 5.27. The van der Waals surface area contributed by atoms with Crippen LogP contribution in [0.2, 0.25) is 0 Å². The molecule has 1 aromatic rings. The van der Waals surface area contributed by atoms with Crippen LogP contribution in [0, 0.1) is 5.92 Å². The summed E-state index contributed by atoms with van der Waals surface area (Å²) in [5.41, 5.74) is 1.31. The molecule has 1 saturated heterocycles. The summed E-state index contributed by atoms with van der Waals surface area (Å²) in [6.07, 6.45) is 4.29. The number of nitrogens with zero attached hydrogens (tertiary/aromatic N) is 2. The van der Waals surface area contributed by atoms with Gasteiger partial charge < -0.3 is 15.0 Å². The summed E-state index contributed by atoms with van der Waals surface area (Å²) in [6.45, 7) is 8.38. The smallest absolute Gasteiger partial charge is 0.133 e. The Kier molecular flexibility index (Phi) is 5.80. The summed E-state index contributed by atoms with van der Waals surface area (Å²) in [4.78, 5) is 7.06. The van der Waals surface area contributed by atoms with E-state index < -0.39 is 0 Å². The molecular weight excluding hydrogens is 250 g/mol. The molecule has 1 unspecified atom stereocenters. The van der Waals surface area contributed by atoms with Crippen LogP contribution in [-0.4, -0.2) is 38.3 Å². The zero-order valence-electron chi connectivity index (χ0n) is 12.9. The molecule has 4 heteroatoms. The molecule has 1 aromatic heterocycles. The Morgan fingerprint density at radius 2 is 2.20 bits per heavy atom. The Morgan fingerprint density at radius 3 is 2.85 bits per heavy atom. The first-order valence-electron chi connectivity index (χ1n) is 7.68. The second-order valence-electron chi connectivity index (χ2n) is 5.58. The van der Waals surface area contributed by atoms with Crippen LogP contribution in [0.25, 0.3) is 0 Å². The molecule has 4 nitrogen and oxygen atoms in total. The molecule has 0 spiro atoms. The van der Waals surface area contributed by atoms with E-state index in [0.717, 1.165) is 32.1 Å². The van der Waals surface area contributed by atoms with Gasteiger partial charge in [-0.25, -0.2) is 4.98 Å². The highest BCUT2D eigenvalue weighted by atomic mass is 16.5. The molecule has 2 heterocycles. The predicted molar refractivity (Wildman–Crippen MR) is 83.1 cm³/mol. The molecular formula is C16H27N3O. The number of anilines is 1. The van der Waals surface area contributed by atoms with Gasteiger partial charge in [0.15, 0.2) is 0 Å². The lowest BCUT2D eigenvalue weighted by molar-refractivity contribution is 0.139. The van der Waals surface area contributed by atoms with Gasteiger partial charge in [-0.3, -0.25) is 0 Å². The Labute approximate surface area is 122 Å². The van der Waals surface area contributed by atoms with E-state index in [-0.39, 0.29) is 0 Å². The van der Waals surface area contributed by atoms with Gasteiger partial charge in [-0.1, -0.05) is 13.0 Å². The molecule has 20 heavy (non-hydrogen) atoms. The van der Waals surface area contributed by atoms with E-state index >= 15 is 0 Å². The first kappa shape index (κ1) is 15.3. The minimum Gasteiger partial charge on any atom is -0.384 e. The van der Waals surface area contributed by atoms with Crippen LogP contribution < -0.4 is 10.2 Å². The standard InChI is InChI=1S/C16H27N3O/c1-4-17-13(2)15-6-5-9-18-16(15)19-10-7-14(8-11-19)12-20-3/h5-6,9,13-14,17H,4,7-8,10-12H2,1-3H3. The van der Waals surface area contributed by atoms with Gasteiger partial charge >= 0.3 is 0 Å². The highest BCUT2D eigenvalue weighted by molar-refractivity contribution is 5.48. The van der Waals surface area contributed by atoms with Gasteiger partial charge in [0.1, 0.15) is 5.82 Å². The van der Waals surface area contributed by atoms with E-state index in [9.17, 15) is 0 Å². The number of hydrogen-bond acceptors (Lipinski definition) is 4. The van der Waals surface area contributed by atoms with E-state index in [2.05, 4.69) is 35.1 Å². The van der Waals surface area contributed by atoms with Gasteiger partial charge in [0.2, 0.25) is 0 Å². The van der Waals surface area contributed by atoms with Crippen molar-refractivity contribution in [2.75, 3.05) is 38.3 Å². The summed E-state index contributed by atoms with van der Waals surface area (Å²) >= 11 is 0. The number of pyridine rings is 1. The van der Waals surface area contributed by atoms with Crippen LogP contribution in [0.1, 0.15) is 38.3 Å². The summed E-state index contributed by atoms with van der Waals surface area (Å²) in [6, 6.07) is 4.57. The lowest BCUT2D eigenvalue weighted by Gasteiger charge is -2.34. The molecule has 1 aliphatic heterocycles. The molecule has 0 amide bonds. The van der Waals surface area contributed by atoms with E-state index in [0.29, 0.717) is 12.0 Å². The quantitative estimate of drug-likeness (QED) is 0.867. The van der Waals surface area contributed by atoms with E-state index in [1.165, 1.54) is 18.4 Å². The Morgan fingerprint density at radius 1 is 1.45 bits per heavy atom. The van der Waals surface area contributed by atoms with E-state index in [4.69, 9.17) is 4.74 Å². The van der Waals surface area contributed by atoms with Crippen molar-refractivity contribution < 1.29 is 4.74 Å². The lowest BCUT2D eigenvalue weighted by Crippen LogP contribution is -2.36. The van der Waals surface area contributed by atoms with Gasteiger partial charge in [-0.05, 0) is 38.3 Å². The number of rotatable bonds is 6. The third-order valence-corrected chi connectivity index (χ3v) is 4.11. The summed E-state index contributed by atoms with van der Waals surface area (Å²) in [5, 5.41) is 3.48. The highest BCUT2D eigenvalue weighted by Gasteiger charge is 2.22. The predicted octanol–water partition coefficient (Wildman–Crippen LogP) is 2.61. The molecule has 1 atom stereocenters. The number of nitrogens with one attached hydrogen (secondary N) is 1. The van der Waals surface area contributed by atoms with Crippen molar-refractivity contribution in [3.05, 3.63) is 23.9 Å². The zero-order valence-corrected chi connectivity index (χ0v) is 12.9. The van der Waals surface area contributed by atoms with Crippen LogP contribution in [-0.2, 0) is 4.74 Å². The van der Waals surface area contributed by atoms with Crippen molar-refractivity contribution in [2.45, 2.75) is 32.7 Å². The molecule has 112 valence electrons. The molecule has 0 saturated carbocycles. The Balaban J connectivity index is 2.06. The summed E-state index contributed by atoms with van der Waals surface area (Å²) < 4.78 is 5.27. The number of ether oxygens (including phenoxy) is 1. The number of piperidine rings is 1. The van der Waals surface area contributed by atoms with Crippen LogP contribution in [0.15, 0.2) is 18.3 Å². The largest absolute Gasteiger partial charge is 0.384 e. The molecule has 0 bridgehead atoms. The normalized spacial score (nSPS) is 18.2. The van der Waals surface area contributed by atoms with Gasteiger partial charge in [-0.15, -0.1) is 0 Å².